The van der Waals surface area contributed by atoms with E-state index in [0.717, 1.165) is 17.1 Å². The number of benzene rings is 11. The van der Waals surface area contributed by atoms with E-state index < -0.39 is 0 Å². The van der Waals surface area contributed by atoms with E-state index in [1.54, 1.807) is 0 Å². The molecule has 67 heavy (non-hydrogen) atoms. The molecule has 0 spiro atoms. The van der Waals surface area contributed by atoms with E-state index >= 15 is 0 Å². The third kappa shape index (κ3) is 6.32. The summed E-state index contributed by atoms with van der Waals surface area (Å²) < 4.78 is 2.37. The van der Waals surface area contributed by atoms with Crippen molar-refractivity contribution >= 4 is 60.4 Å². The van der Waals surface area contributed by atoms with Crippen LogP contribution in [0.5, 0.6) is 0 Å². The molecule has 11 aromatic carbocycles. The van der Waals surface area contributed by atoms with Gasteiger partial charge in [0.25, 0.3) is 0 Å². The van der Waals surface area contributed by atoms with E-state index in [-0.39, 0.29) is 5.41 Å². The Hall–Kier alpha value is -8.46. The molecule has 1 aromatic heterocycles. The molecule has 2 heteroatoms. The highest BCUT2D eigenvalue weighted by Gasteiger charge is 2.35. The van der Waals surface area contributed by atoms with Crippen molar-refractivity contribution in [2.75, 3.05) is 4.90 Å². The van der Waals surface area contributed by atoms with Crippen molar-refractivity contribution < 1.29 is 0 Å². The molecular weight excluding hydrogens is 809 g/mol. The molecule has 0 unspecified atom stereocenters. The molecule has 0 N–H and O–H groups in total. The largest absolute Gasteiger partial charge is 0.310 e. The van der Waals surface area contributed by atoms with Gasteiger partial charge in [-0.3, -0.25) is 0 Å². The van der Waals surface area contributed by atoms with Gasteiger partial charge in [0.15, 0.2) is 0 Å². The Morgan fingerprint density at radius 3 is 1.75 bits per heavy atom. The van der Waals surface area contributed by atoms with Gasteiger partial charge in [0, 0.05) is 38.9 Å². The van der Waals surface area contributed by atoms with E-state index in [1.165, 1.54) is 105 Å². The van der Waals surface area contributed by atoms with Crippen LogP contribution in [0.25, 0.3) is 93.5 Å². The average Bonchev–Trinajstić information content (AvgIpc) is 3.84. The molecule has 0 saturated carbocycles. The lowest BCUT2D eigenvalue weighted by atomic mass is 9.82. The summed E-state index contributed by atoms with van der Waals surface area (Å²) in [4.78, 5) is 2.40. The highest BCUT2D eigenvalue weighted by molar-refractivity contribution is 6.12. The second-order valence-corrected chi connectivity index (χ2v) is 18.5. The monoisotopic (exact) mass is 854 g/mol. The van der Waals surface area contributed by atoms with Gasteiger partial charge in [0.05, 0.1) is 11.0 Å². The van der Waals surface area contributed by atoms with Crippen LogP contribution in [0.1, 0.15) is 25.0 Å². The smallest absolute Gasteiger partial charge is 0.0541 e. The summed E-state index contributed by atoms with van der Waals surface area (Å²) >= 11 is 0. The van der Waals surface area contributed by atoms with E-state index in [9.17, 15) is 0 Å². The molecule has 0 fully saturated rings. The van der Waals surface area contributed by atoms with E-state index in [4.69, 9.17) is 0 Å². The zero-order valence-corrected chi connectivity index (χ0v) is 37.5. The van der Waals surface area contributed by atoms with Gasteiger partial charge in [-0.2, -0.15) is 0 Å². The zero-order chi connectivity index (χ0) is 44.6. The van der Waals surface area contributed by atoms with Crippen LogP contribution >= 0.6 is 0 Å². The quantitative estimate of drug-likeness (QED) is 0.145. The van der Waals surface area contributed by atoms with Gasteiger partial charge in [-0.1, -0.05) is 184 Å². The van der Waals surface area contributed by atoms with Gasteiger partial charge in [0.1, 0.15) is 0 Å². The molecular formula is C65H46N2. The zero-order valence-electron chi connectivity index (χ0n) is 37.5. The molecule has 0 bridgehead atoms. The summed E-state index contributed by atoms with van der Waals surface area (Å²) in [6.45, 7) is 4.69. The molecule has 0 saturated heterocycles. The second-order valence-electron chi connectivity index (χ2n) is 18.5. The van der Waals surface area contributed by atoms with Gasteiger partial charge in [-0.05, 0) is 150 Å². The lowest BCUT2D eigenvalue weighted by Crippen LogP contribution is -2.14. The third-order valence-electron chi connectivity index (χ3n) is 14.4. The van der Waals surface area contributed by atoms with Crippen LogP contribution in [0.15, 0.2) is 243 Å². The van der Waals surface area contributed by atoms with E-state index in [0.29, 0.717) is 0 Å². The van der Waals surface area contributed by atoms with Crippen LogP contribution in [0.4, 0.5) is 17.1 Å². The summed E-state index contributed by atoms with van der Waals surface area (Å²) in [7, 11) is 0. The minimum Gasteiger partial charge on any atom is -0.310 e. The van der Waals surface area contributed by atoms with Gasteiger partial charge in [-0.25, -0.2) is 0 Å². The molecule has 0 aliphatic heterocycles. The number of hydrogen-bond acceptors (Lipinski definition) is 1. The first-order valence-electron chi connectivity index (χ1n) is 23.3. The first kappa shape index (κ1) is 39.0. The van der Waals surface area contributed by atoms with Crippen molar-refractivity contribution in [2.45, 2.75) is 19.3 Å². The van der Waals surface area contributed by atoms with Crippen LogP contribution in [0.2, 0.25) is 0 Å². The summed E-state index contributed by atoms with van der Waals surface area (Å²) in [5, 5.41) is 7.58. The van der Waals surface area contributed by atoms with Crippen molar-refractivity contribution in [2.24, 2.45) is 0 Å². The number of nitrogens with zero attached hydrogens (tertiary/aromatic N) is 2. The Kier molecular flexibility index (Phi) is 8.91. The summed E-state index contributed by atoms with van der Waals surface area (Å²) in [5.41, 5.74) is 19.5. The highest BCUT2D eigenvalue weighted by Crippen LogP contribution is 2.50. The number of hydrogen-bond donors (Lipinski definition) is 0. The predicted molar refractivity (Wildman–Crippen MR) is 284 cm³/mol. The van der Waals surface area contributed by atoms with Crippen molar-refractivity contribution in [3.63, 3.8) is 0 Å². The summed E-state index contributed by atoms with van der Waals surface area (Å²) in [6.07, 6.45) is 0. The maximum Gasteiger partial charge on any atom is 0.0541 e. The molecule has 1 aliphatic carbocycles. The van der Waals surface area contributed by atoms with Crippen LogP contribution in [-0.4, -0.2) is 4.57 Å². The van der Waals surface area contributed by atoms with Gasteiger partial charge in [-0.15, -0.1) is 0 Å². The lowest BCUT2D eigenvalue weighted by molar-refractivity contribution is 0.660. The SMILES string of the molecule is CC1(C)c2ccccc2-c2cc(-c3cccc(N(c4ccc(-c5ccc6c(c5)c5ccccc5n6-c5ccccc5)cc4)c4ccc(-c5cccc6c5ccc5ccccc56)cc4)c3)ccc21. The standard InChI is InChI=1S/C65H46N2/c1-65(2)61-24-10-8-20-57(61)59-41-48(31-38-62(59)65)46-15-12-18-52(40-46)66(51-35-28-45(29-36-51)54-22-13-23-55-53-19-7-6-14-44(53)30-37-56(54)55)50-33-26-43(27-34-50)47-32-39-64-60(42-47)58-21-9-11-25-63(58)67(64)49-16-4-3-5-17-49/h3-42H,1-2H3. The van der Waals surface area contributed by atoms with Crippen molar-refractivity contribution in [3.05, 3.63) is 254 Å². The van der Waals surface area contributed by atoms with Crippen molar-refractivity contribution in [3.8, 4) is 50.2 Å². The Morgan fingerprint density at radius 1 is 0.313 bits per heavy atom. The molecule has 1 heterocycles. The van der Waals surface area contributed by atoms with Crippen LogP contribution in [-0.2, 0) is 5.41 Å². The first-order valence-corrected chi connectivity index (χ1v) is 23.3. The Morgan fingerprint density at radius 2 is 0.910 bits per heavy atom. The number of anilines is 3. The third-order valence-corrected chi connectivity index (χ3v) is 14.4. The van der Waals surface area contributed by atoms with Crippen molar-refractivity contribution in [1.29, 1.82) is 0 Å². The minimum atomic E-state index is -0.0337. The van der Waals surface area contributed by atoms with Crippen LogP contribution in [0.3, 0.4) is 0 Å². The minimum absolute atomic E-state index is 0.0337. The van der Waals surface area contributed by atoms with Gasteiger partial charge < -0.3 is 9.47 Å². The fraction of sp³-hybridized carbons (Fsp3) is 0.0462. The number of aromatic nitrogens is 1. The first-order chi connectivity index (χ1) is 33.0. The normalized spacial score (nSPS) is 12.7. The molecule has 0 amide bonds. The molecule has 2 nitrogen and oxygen atoms in total. The van der Waals surface area contributed by atoms with Gasteiger partial charge in [0.2, 0.25) is 0 Å². The maximum absolute atomic E-state index is 2.40. The summed E-state index contributed by atoms with van der Waals surface area (Å²) in [5.74, 6) is 0. The van der Waals surface area contributed by atoms with Crippen LogP contribution in [0, 0.1) is 0 Å². The Balaban J connectivity index is 0.911. The number of fused-ring (bicyclic) bond motifs is 9. The van der Waals surface area contributed by atoms with E-state index in [2.05, 4.69) is 266 Å². The molecule has 12 aromatic rings. The topological polar surface area (TPSA) is 8.17 Å². The lowest BCUT2D eigenvalue weighted by Gasteiger charge is -2.26. The molecule has 0 atom stereocenters. The number of rotatable bonds is 7. The maximum atomic E-state index is 2.40. The fourth-order valence-corrected chi connectivity index (χ4v) is 11.1. The number of para-hydroxylation sites is 2. The Labute approximate surface area is 391 Å². The van der Waals surface area contributed by atoms with Gasteiger partial charge >= 0.3 is 0 Å². The average molecular weight is 855 g/mol. The molecule has 13 rings (SSSR count). The Bertz CT molecular complexity index is 3870. The highest BCUT2D eigenvalue weighted by atomic mass is 15.1. The summed E-state index contributed by atoms with van der Waals surface area (Å²) in [6, 6.07) is 89.4. The van der Waals surface area contributed by atoms with Crippen LogP contribution < -0.4 is 4.90 Å². The molecule has 316 valence electrons. The molecule has 1 aliphatic rings. The predicted octanol–water partition coefficient (Wildman–Crippen LogP) is 17.9. The van der Waals surface area contributed by atoms with Crippen molar-refractivity contribution in [1.82, 2.24) is 4.57 Å². The second kappa shape index (κ2) is 15.3. The molecule has 0 radical (unpaired) electrons. The fourth-order valence-electron chi connectivity index (χ4n) is 11.1. The van der Waals surface area contributed by atoms with E-state index in [1.807, 2.05) is 0 Å².